The molecular weight excluding hydrogens is 463 g/mol. The quantitative estimate of drug-likeness (QED) is 0.0785. The Bertz CT molecular complexity index is 728. The predicted molar refractivity (Wildman–Crippen MR) is 143 cm³/mol. The van der Waals surface area contributed by atoms with Crippen molar-refractivity contribution >= 4 is 13.7 Å². The van der Waals surface area contributed by atoms with Crippen molar-refractivity contribution in [3.05, 3.63) is 35.4 Å². The summed E-state index contributed by atoms with van der Waals surface area (Å²) in [7, 11) is 2.41. The van der Waals surface area contributed by atoms with Gasteiger partial charge in [0.25, 0.3) is 0 Å². The SMILES string of the molecule is C[N+](C)(C)Cc1ccc(C(=O)OCCCCCCCCCCCCCCCCNP(=O)(O)O)cc1. The Morgan fingerprint density at radius 1 is 0.771 bits per heavy atom. The summed E-state index contributed by atoms with van der Waals surface area (Å²) in [4.78, 5) is 29.6. The summed E-state index contributed by atoms with van der Waals surface area (Å²) in [6.07, 6.45) is 16.4. The highest BCUT2D eigenvalue weighted by atomic mass is 31.2. The van der Waals surface area contributed by atoms with Gasteiger partial charge in [-0.15, -0.1) is 0 Å². The third-order valence-electron chi connectivity index (χ3n) is 5.97. The lowest BCUT2D eigenvalue weighted by Crippen LogP contribution is -2.33. The van der Waals surface area contributed by atoms with Gasteiger partial charge >= 0.3 is 13.7 Å². The summed E-state index contributed by atoms with van der Waals surface area (Å²) < 4.78 is 16.9. The Hall–Kier alpha value is -1.24. The Morgan fingerprint density at radius 3 is 1.63 bits per heavy atom. The Labute approximate surface area is 213 Å². The summed E-state index contributed by atoms with van der Waals surface area (Å²) in [5, 5.41) is 2.24. The Morgan fingerprint density at radius 2 is 1.20 bits per heavy atom. The van der Waals surface area contributed by atoms with Gasteiger partial charge in [0.1, 0.15) is 6.54 Å². The highest BCUT2D eigenvalue weighted by Gasteiger charge is 2.11. The lowest BCUT2D eigenvalue weighted by Gasteiger charge is -2.23. The van der Waals surface area contributed by atoms with Crippen molar-refractivity contribution in [1.29, 1.82) is 0 Å². The van der Waals surface area contributed by atoms with E-state index in [0.717, 1.165) is 43.1 Å². The molecule has 7 nitrogen and oxygen atoms in total. The van der Waals surface area contributed by atoms with E-state index >= 15 is 0 Å². The van der Waals surface area contributed by atoms with E-state index in [0.29, 0.717) is 18.7 Å². The van der Waals surface area contributed by atoms with Gasteiger partial charge in [-0.2, -0.15) is 0 Å². The van der Waals surface area contributed by atoms with Gasteiger partial charge in [-0.3, -0.25) is 0 Å². The van der Waals surface area contributed by atoms with Crippen LogP contribution in [0.15, 0.2) is 24.3 Å². The molecule has 0 aromatic heterocycles. The van der Waals surface area contributed by atoms with Crippen LogP contribution in [0.4, 0.5) is 0 Å². The van der Waals surface area contributed by atoms with Crippen molar-refractivity contribution in [2.75, 3.05) is 34.3 Å². The van der Waals surface area contributed by atoms with Crippen LogP contribution in [0.1, 0.15) is 106 Å². The third kappa shape index (κ3) is 19.6. The number of rotatable bonds is 21. The lowest BCUT2D eigenvalue weighted by atomic mass is 10.0. The van der Waals surface area contributed by atoms with E-state index in [2.05, 4.69) is 26.2 Å². The van der Waals surface area contributed by atoms with Crippen LogP contribution < -0.4 is 5.09 Å². The maximum absolute atomic E-state index is 12.2. The fourth-order valence-electron chi connectivity index (χ4n) is 4.12. The molecule has 0 atom stereocenters. The zero-order valence-electron chi connectivity index (χ0n) is 22.3. The smallest absolute Gasteiger partial charge is 0.400 e. The van der Waals surface area contributed by atoms with Crippen molar-refractivity contribution < 1.29 is 28.4 Å². The summed E-state index contributed by atoms with van der Waals surface area (Å²) in [5.74, 6) is -0.223. The molecule has 0 saturated heterocycles. The molecule has 1 aromatic rings. The number of nitrogens with zero attached hydrogens (tertiary/aromatic N) is 1. The van der Waals surface area contributed by atoms with Crippen LogP contribution >= 0.6 is 7.75 Å². The van der Waals surface area contributed by atoms with Gasteiger partial charge < -0.3 is 19.0 Å². The van der Waals surface area contributed by atoms with Crippen molar-refractivity contribution in [3.63, 3.8) is 0 Å². The number of unbranched alkanes of at least 4 members (excludes halogenated alkanes) is 13. The number of carbonyl (C=O) groups is 1. The predicted octanol–water partition coefficient (Wildman–Crippen LogP) is 6.19. The number of esters is 1. The Kier molecular flexibility index (Phi) is 16.4. The van der Waals surface area contributed by atoms with Crippen LogP contribution in [0, 0.1) is 0 Å². The number of carbonyl (C=O) groups excluding carboxylic acids is 1. The first-order valence-corrected chi connectivity index (χ1v) is 15.1. The molecule has 3 N–H and O–H groups in total. The molecule has 0 heterocycles. The van der Waals surface area contributed by atoms with Crippen molar-refractivity contribution in [1.82, 2.24) is 5.09 Å². The molecule has 0 bridgehead atoms. The number of hydrogen-bond donors (Lipinski definition) is 3. The zero-order valence-corrected chi connectivity index (χ0v) is 23.2. The molecule has 0 aliphatic heterocycles. The van der Waals surface area contributed by atoms with Gasteiger partial charge in [-0.1, -0.05) is 89.2 Å². The summed E-state index contributed by atoms with van der Waals surface area (Å²) >= 11 is 0. The van der Waals surface area contributed by atoms with Gasteiger partial charge in [0.05, 0.1) is 33.3 Å². The van der Waals surface area contributed by atoms with Crippen LogP contribution in [-0.4, -0.2) is 54.5 Å². The second kappa shape index (κ2) is 18.1. The fraction of sp³-hybridized carbons (Fsp3) is 0.741. The standard InChI is InChI=1S/C27H49N2O5P/c1-29(2,3)24-25-18-20-26(21-19-25)27(30)34-23-17-15-13-11-9-7-5-4-6-8-10-12-14-16-22-28-35(31,32)33/h18-21H,4-17,22-24H2,1-3H3,(H2-,28,31,32,33)/p+1. The molecule has 35 heavy (non-hydrogen) atoms. The van der Waals surface area contributed by atoms with E-state index in [1.807, 2.05) is 24.3 Å². The van der Waals surface area contributed by atoms with E-state index in [-0.39, 0.29) is 5.97 Å². The van der Waals surface area contributed by atoms with E-state index in [1.165, 1.54) is 63.4 Å². The largest absolute Gasteiger partial charge is 0.462 e. The van der Waals surface area contributed by atoms with Gasteiger partial charge in [-0.05, 0) is 25.0 Å². The minimum atomic E-state index is -4.04. The van der Waals surface area contributed by atoms with Gasteiger partial charge in [0, 0.05) is 12.1 Å². The number of ether oxygens (including phenoxy) is 1. The van der Waals surface area contributed by atoms with E-state index in [1.54, 1.807) is 0 Å². The van der Waals surface area contributed by atoms with Crippen LogP contribution in [0.25, 0.3) is 0 Å². The number of benzene rings is 1. The maximum atomic E-state index is 12.2. The number of nitrogens with one attached hydrogen (secondary N) is 1. The number of hydrogen-bond acceptors (Lipinski definition) is 3. The Balaban J connectivity index is 1.87. The van der Waals surface area contributed by atoms with E-state index in [4.69, 9.17) is 14.5 Å². The van der Waals surface area contributed by atoms with Gasteiger partial charge in [0.15, 0.2) is 0 Å². The highest BCUT2D eigenvalue weighted by molar-refractivity contribution is 7.49. The minimum absolute atomic E-state index is 0.223. The third-order valence-corrected chi connectivity index (χ3v) is 6.60. The van der Waals surface area contributed by atoms with Gasteiger partial charge in [0.2, 0.25) is 0 Å². The first kappa shape index (κ1) is 31.8. The molecule has 202 valence electrons. The molecule has 0 fully saturated rings. The monoisotopic (exact) mass is 513 g/mol. The molecule has 0 saturated carbocycles. The maximum Gasteiger partial charge on any atom is 0.400 e. The van der Waals surface area contributed by atoms with E-state index in [9.17, 15) is 9.36 Å². The molecule has 8 heteroatoms. The first-order chi connectivity index (χ1) is 16.6. The fourth-order valence-corrected chi connectivity index (χ4v) is 4.56. The second-order valence-electron chi connectivity index (χ2n) is 10.7. The molecule has 0 aliphatic carbocycles. The molecule has 0 amide bonds. The molecule has 0 aliphatic rings. The van der Waals surface area contributed by atoms with Crippen LogP contribution in [0.5, 0.6) is 0 Å². The second-order valence-corrected chi connectivity index (χ2v) is 12.1. The summed E-state index contributed by atoms with van der Waals surface area (Å²) in [6, 6.07) is 7.76. The van der Waals surface area contributed by atoms with Crippen LogP contribution in [0.2, 0.25) is 0 Å². The van der Waals surface area contributed by atoms with Crippen molar-refractivity contribution in [2.24, 2.45) is 0 Å². The van der Waals surface area contributed by atoms with E-state index < -0.39 is 7.75 Å². The molecule has 1 aromatic carbocycles. The topological polar surface area (TPSA) is 95.9 Å². The van der Waals surface area contributed by atoms with Crippen LogP contribution in [-0.2, 0) is 15.8 Å². The molecule has 0 radical (unpaired) electrons. The zero-order chi connectivity index (χ0) is 26.0. The molecule has 0 unspecified atom stereocenters. The summed E-state index contributed by atoms with van der Waals surface area (Å²) in [5.41, 5.74) is 1.85. The van der Waals surface area contributed by atoms with Crippen molar-refractivity contribution in [3.8, 4) is 0 Å². The molecule has 0 spiro atoms. The molecular formula is C27H50N2O5P+. The average Bonchev–Trinajstić information content (AvgIpc) is 2.76. The molecule has 1 rings (SSSR count). The highest BCUT2D eigenvalue weighted by Crippen LogP contribution is 2.27. The normalized spacial score (nSPS) is 12.1. The van der Waals surface area contributed by atoms with Gasteiger partial charge in [-0.25, -0.2) is 14.4 Å². The van der Waals surface area contributed by atoms with Crippen LogP contribution in [0.3, 0.4) is 0 Å². The summed E-state index contributed by atoms with van der Waals surface area (Å²) in [6.45, 7) is 1.82. The first-order valence-electron chi connectivity index (χ1n) is 13.4. The van der Waals surface area contributed by atoms with Crippen molar-refractivity contribution in [2.45, 2.75) is 96.4 Å². The lowest BCUT2D eigenvalue weighted by molar-refractivity contribution is -0.884. The number of quaternary nitrogens is 1. The average molecular weight is 514 g/mol. The minimum Gasteiger partial charge on any atom is -0.462 e.